The van der Waals surface area contributed by atoms with E-state index in [0.29, 0.717) is 12.2 Å². The maximum absolute atomic E-state index is 10.4. The first kappa shape index (κ1) is 14.0. The fourth-order valence-corrected chi connectivity index (χ4v) is 2.11. The molecule has 0 aromatic heterocycles. The highest BCUT2D eigenvalue weighted by atomic mass is 16.3. The fourth-order valence-electron chi connectivity index (χ4n) is 2.11. The van der Waals surface area contributed by atoms with Crippen LogP contribution in [0, 0.1) is 0 Å². The SMILES string of the molecule is CC(C)(C)c1cccc(C(C)(C)CCO)c1O. The molecule has 0 aliphatic heterocycles. The van der Waals surface area contributed by atoms with E-state index in [1.807, 2.05) is 32.0 Å². The lowest BCUT2D eigenvalue weighted by atomic mass is 9.77. The maximum atomic E-state index is 10.4. The molecule has 0 saturated carbocycles. The molecular weight excluding hydrogens is 212 g/mol. The van der Waals surface area contributed by atoms with E-state index in [0.717, 1.165) is 11.1 Å². The van der Waals surface area contributed by atoms with Crippen molar-refractivity contribution in [1.29, 1.82) is 0 Å². The number of benzene rings is 1. The van der Waals surface area contributed by atoms with Crippen LogP contribution in [0.5, 0.6) is 5.75 Å². The minimum Gasteiger partial charge on any atom is -0.507 e. The molecule has 0 unspecified atom stereocenters. The molecule has 2 N–H and O–H groups in total. The van der Waals surface area contributed by atoms with Crippen molar-refractivity contribution in [2.45, 2.75) is 51.9 Å². The van der Waals surface area contributed by atoms with Crippen LogP contribution in [0.15, 0.2) is 18.2 Å². The van der Waals surface area contributed by atoms with Gasteiger partial charge in [-0.3, -0.25) is 0 Å². The van der Waals surface area contributed by atoms with Crippen LogP contribution in [-0.4, -0.2) is 16.8 Å². The van der Waals surface area contributed by atoms with Crippen molar-refractivity contribution < 1.29 is 10.2 Å². The van der Waals surface area contributed by atoms with Gasteiger partial charge in [-0.2, -0.15) is 0 Å². The maximum Gasteiger partial charge on any atom is 0.123 e. The first-order chi connectivity index (χ1) is 7.70. The molecule has 0 amide bonds. The van der Waals surface area contributed by atoms with E-state index in [4.69, 9.17) is 5.11 Å². The van der Waals surface area contributed by atoms with Crippen molar-refractivity contribution in [3.05, 3.63) is 29.3 Å². The zero-order valence-electron chi connectivity index (χ0n) is 11.5. The summed E-state index contributed by atoms with van der Waals surface area (Å²) in [5.74, 6) is 0.374. The first-order valence-electron chi connectivity index (χ1n) is 6.14. The molecule has 17 heavy (non-hydrogen) atoms. The smallest absolute Gasteiger partial charge is 0.123 e. The molecule has 96 valence electrons. The minimum atomic E-state index is -0.208. The van der Waals surface area contributed by atoms with Gasteiger partial charge in [0.2, 0.25) is 0 Å². The number of aliphatic hydroxyl groups is 1. The molecule has 0 spiro atoms. The zero-order chi connectivity index (χ0) is 13.3. The Morgan fingerprint density at radius 2 is 1.53 bits per heavy atom. The minimum absolute atomic E-state index is 0.0740. The van der Waals surface area contributed by atoms with Crippen molar-refractivity contribution in [1.82, 2.24) is 0 Å². The topological polar surface area (TPSA) is 40.5 Å². The third kappa shape index (κ3) is 3.01. The van der Waals surface area contributed by atoms with Crippen molar-refractivity contribution in [2.24, 2.45) is 0 Å². The van der Waals surface area contributed by atoms with Crippen LogP contribution >= 0.6 is 0 Å². The lowest BCUT2D eigenvalue weighted by Gasteiger charge is -2.29. The Hall–Kier alpha value is -1.02. The first-order valence-corrected chi connectivity index (χ1v) is 6.14. The van der Waals surface area contributed by atoms with Crippen LogP contribution < -0.4 is 0 Å². The summed E-state index contributed by atoms with van der Waals surface area (Å²) in [6, 6.07) is 5.89. The van der Waals surface area contributed by atoms with Gasteiger partial charge in [0.05, 0.1) is 0 Å². The Morgan fingerprint density at radius 1 is 1.00 bits per heavy atom. The molecule has 0 radical (unpaired) electrons. The van der Waals surface area contributed by atoms with Crippen molar-refractivity contribution in [3.63, 3.8) is 0 Å². The third-order valence-corrected chi connectivity index (χ3v) is 3.31. The molecule has 0 bridgehead atoms. The van der Waals surface area contributed by atoms with E-state index in [1.54, 1.807) is 0 Å². The van der Waals surface area contributed by atoms with Gasteiger partial charge in [-0.1, -0.05) is 52.8 Å². The molecule has 2 heteroatoms. The molecule has 0 atom stereocenters. The summed E-state index contributed by atoms with van der Waals surface area (Å²) in [5.41, 5.74) is 1.59. The second-order valence-corrected chi connectivity index (χ2v) is 6.31. The summed E-state index contributed by atoms with van der Waals surface area (Å²) in [6.07, 6.45) is 0.647. The van der Waals surface area contributed by atoms with Crippen LogP contribution in [0.1, 0.15) is 52.2 Å². The Kier molecular flexibility index (Phi) is 3.88. The van der Waals surface area contributed by atoms with Gasteiger partial charge >= 0.3 is 0 Å². The standard InChI is InChI=1S/C15H24O2/c1-14(2,3)11-7-6-8-12(13(11)17)15(4,5)9-10-16/h6-8,16-17H,9-10H2,1-5H3. The van der Waals surface area contributed by atoms with E-state index >= 15 is 0 Å². The fraction of sp³-hybridized carbons (Fsp3) is 0.600. The van der Waals surface area contributed by atoms with Gasteiger partial charge in [-0.25, -0.2) is 0 Å². The van der Waals surface area contributed by atoms with Gasteiger partial charge in [0.15, 0.2) is 0 Å². The molecule has 0 saturated heterocycles. The van der Waals surface area contributed by atoms with E-state index in [2.05, 4.69) is 20.8 Å². The summed E-state index contributed by atoms with van der Waals surface area (Å²) in [7, 11) is 0. The molecule has 1 aromatic rings. The summed E-state index contributed by atoms with van der Waals surface area (Å²) in [6.45, 7) is 10.5. The predicted octanol–water partition coefficient (Wildman–Crippen LogP) is 3.35. The summed E-state index contributed by atoms with van der Waals surface area (Å²) in [4.78, 5) is 0. The average Bonchev–Trinajstić information content (AvgIpc) is 2.15. The van der Waals surface area contributed by atoms with Gasteiger partial charge in [0.1, 0.15) is 5.75 Å². The predicted molar refractivity (Wildman–Crippen MR) is 71.5 cm³/mol. The van der Waals surface area contributed by atoms with E-state index in [-0.39, 0.29) is 17.4 Å². The molecule has 0 aliphatic rings. The zero-order valence-corrected chi connectivity index (χ0v) is 11.5. The van der Waals surface area contributed by atoms with Crippen molar-refractivity contribution in [3.8, 4) is 5.75 Å². The van der Waals surface area contributed by atoms with Crippen molar-refractivity contribution >= 4 is 0 Å². The third-order valence-electron chi connectivity index (χ3n) is 3.31. The van der Waals surface area contributed by atoms with Crippen LogP contribution in [0.25, 0.3) is 0 Å². The van der Waals surface area contributed by atoms with Gasteiger partial charge < -0.3 is 10.2 Å². The monoisotopic (exact) mass is 236 g/mol. The van der Waals surface area contributed by atoms with Crippen LogP contribution in [-0.2, 0) is 10.8 Å². The Morgan fingerprint density at radius 3 is 2.00 bits per heavy atom. The lowest BCUT2D eigenvalue weighted by molar-refractivity contribution is 0.250. The number of phenolic OH excluding ortho intramolecular Hbond substituents is 1. The normalized spacial score (nSPS) is 12.8. The summed E-state index contributed by atoms with van der Waals surface area (Å²) >= 11 is 0. The van der Waals surface area contributed by atoms with Crippen LogP contribution in [0.4, 0.5) is 0 Å². The highest BCUT2D eigenvalue weighted by molar-refractivity contribution is 5.47. The number of aliphatic hydroxyl groups excluding tert-OH is 1. The lowest BCUT2D eigenvalue weighted by Crippen LogP contribution is -2.21. The quantitative estimate of drug-likeness (QED) is 0.845. The number of hydrogen-bond donors (Lipinski definition) is 2. The van der Waals surface area contributed by atoms with E-state index in [1.165, 1.54) is 0 Å². The Balaban J connectivity index is 3.29. The van der Waals surface area contributed by atoms with Gasteiger partial charge in [-0.15, -0.1) is 0 Å². The summed E-state index contributed by atoms with van der Waals surface area (Å²) < 4.78 is 0. The van der Waals surface area contributed by atoms with Crippen LogP contribution in [0.2, 0.25) is 0 Å². The largest absolute Gasteiger partial charge is 0.507 e. The Bertz CT molecular complexity index is 386. The summed E-state index contributed by atoms with van der Waals surface area (Å²) in [5, 5.41) is 19.5. The number of rotatable bonds is 3. The Labute approximate surface area is 104 Å². The number of para-hydroxylation sites is 1. The van der Waals surface area contributed by atoms with Gasteiger partial charge in [0.25, 0.3) is 0 Å². The molecule has 0 aliphatic carbocycles. The number of phenols is 1. The van der Waals surface area contributed by atoms with Crippen molar-refractivity contribution in [2.75, 3.05) is 6.61 Å². The second-order valence-electron chi connectivity index (χ2n) is 6.31. The molecular formula is C15H24O2. The highest BCUT2D eigenvalue weighted by Gasteiger charge is 2.27. The molecule has 0 heterocycles. The molecule has 1 aromatic carbocycles. The highest BCUT2D eigenvalue weighted by Crippen LogP contribution is 2.39. The van der Waals surface area contributed by atoms with E-state index in [9.17, 15) is 5.11 Å². The second kappa shape index (κ2) is 4.69. The molecule has 0 fully saturated rings. The van der Waals surface area contributed by atoms with Gasteiger partial charge in [0, 0.05) is 6.61 Å². The molecule has 1 rings (SSSR count). The average molecular weight is 236 g/mol. The number of hydrogen-bond acceptors (Lipinski definition) is 2. The number of aromatic hydroxyl groups is 1. The van der Waals surface area contributed by atoms with Crippen LogP contribution in [0.3, 0.4) is 0 Å². The molecule has 2 nitrogen and oxygen atoms in total. The van der Waals surface area contributed by atoms with E-state index < -0.39 is 0 Å². The van der Waals surface area contributed by atoms with Gasteiger partial charge in [-0.05, 0) is 28.4 Å².